The summed E-state index contributed by atoms with van der Waals surface area (Å²) in [6.45, 7) is 2.43. The molecule has 1 aliphatic rings. The number of hydrogen-bond acceptors (Lipinski definition) is 5. The lowest BCUT2D eigenvalue weighted by atomic mass is 9.93. The zero-order valence-electron chi connectivity index (χ0n) is 14.9. The molecule has 0 atom stereocenters. The lowest BCUT2D eigenvalue weighted by Crippen LogP contribution is -2.37. The van der Waals surface area contributed by atoms with Crippen molar-refractivity contribution >= 4 is 23.3 Å². The Morgan fingerprint density at radius 2 is 2.04 bits per heavy atom. The number of thiazole rings is 1. The highest BCUT2D eigenvalue weighted by Gasteiger charge is 2.19. The van der Waals surface area contributed by atoms with Gasteiger partial charge in [0.05, 0.1) is 16.8 Å². The lowest BCUT2D eigenvalue weighted by molar-refractivity contribution is -0.117. The minimum atomic E-state index is -0.209. The summed E-state index contributed by atoms with van der Waals surface area (Å²) in [6.07, 6.45) is 6.34. The first-order valence-corrected chi connectivity index (χ1v) is 9.77. The highest BCUT2D eigenvalue weighted by Crippen LogP contribution is 2.19. The van der Waals surface area contributed by atoms with Gasteiger partial charge in [-0.25, -0.2) is 4.98 Å². The molecule has 0 saturated heterocycles. The number of carbonyl (C=O) groups excluding carboxylic acids is 1. The fourth-order valence-corrected chi connectivity index (χ4v) is 3.55. The SMILES string of the molecule is Cc1nc(COc2ccc(/C=C/C(=O)NC3CCC(O)CC3)cc2)cs1. The molecule has 1 heterocycles. The van der Waals surface area contributed by atoms with Crippen molar-refractivity contribution < 1.29 is 14.6 Å². The number of aromatic nitrogens is 1. The van der Waals surface area contributed by atoms with Crippen LogP contribution in [0.3, 0.4) is 0 Å². The first-order chi connectivity index (χ1) is 12.6. The molecule has 1 amide bonds. The van der Waals surface area contributed by atoms with Gasteiger partial charge < -0.3 is 15.2 Å². The van der Waals surface area contributed by atoms with Crippen molar-refractivity contribution in [2.75, 3.05) is 0 Å². The molecular weight excluding hydrogens is 348 g/mol. The van der Waals surface area contributed by atoms with Gasteiger partial charge in [0.1, 0.15) is 12.4 Å². The third-order valence-electron chi connectivity index (χ3n) is 4.40. The van der Waals surface area contributed by atoms with E-state index in [2.05, 4.69) is 10.3 Å². The van der Waals surface area contributed by atoms with Gasteiger partial charge in [-0.1, -0.05) is 12.1 Å². The second kappa shape index (κ2) is 8.96. The van der Waals surface area contributed by atoms with Crippen LogP contribution < -0.4 is 10.1 Å². The summed E-state index contributed by atoms with van der Waals surface area (Å²) in [5, 5.41) is 15.5. The number of aliphatic hydroxyl groups is 1. The molecule has 2 N–H and O–H groups in total. The van der Waals surface area contributed by atoms with Crippen LogP contribution in [-0.4, -0.2) is 28.1 Å². The first-order valence-electron chi connectivity index (χ1n) is 8.89. The number of amides is 1. The molecule has 26 heavy (non-hydrogen) atoms. The van der Waals surface area contributed by atoms with Crippen molar-refractivity contribution in [2.45, 2.75) is 51.4 Å². The van der Waals surface area contributed by atoms with Crippen LogP contribution in [0.25, 0.3) is 6.08 Å². The van der Waals surface area contributed by atoms with E-state index in [0.29, 0.717) is 6.61 Å². The van der Waals surface area contributed by atoms with Crippen molar-refractivity contribution in [3.8, 4) is 5.75 Å². The molecule has 1 fully saturated rings. The van der Waals surface area contributed by atoms with Gasteiger partial charge in [0.15, 0.2) is 0 Å². The highest BCUT2D eigenvalue weighted by molar-refractivity contribution is 7.09. The molecule has 138 valence electrons. The Balaban J connectivity index is 1.45. The summed E-state index contributed by atoms with van der Waals surface area (Å²) in [7, 11) is 0. The summed E-state index contributed by atoms with van der Waals surface area (Å²) in [4.78, 5) is 16.4. The topological polar surface area (TPSA) is 71.5 Å². The number of benzene rings is 1. The first kappa shape index (κ1) is 18.6. The molecule has 1 saturated carbocycles. The molecule has 0 radical (unpaired) electrons. The van der Waals surface area contributed by atoms with Crippen LogP contribution >= 0.6 is 11.3 Å². The van der Waals surface area contributed by atoms with Gasteiger partial charge in [-0.3, -0.25) is 4.79 Å². The Hall–Kier alpha value is -2.18. The highest BCUT2D eigenvalue weighted by atomic mass is 32.1. The molecule has 2 aromatic rings. The monoisotopic (exact) mass is 372 g/mol. The molecule has 3 rings (SSSR count). The molecule has 1 aromatic heterocycles. The van der Waals surface area contributed by atoms with E-state index in [1.807, 2.05) is 36.6 Å². The van der Waals surface area contributed by atoms with Crippen LogP contribution in [0.15, 0.2) is 35.7 Å². The van der Waals surface area contributed by atoms with E-state index < -0.39 is 0 Å². The largest absolute Gasteiger partial charge is 0.487 e. The maximum Gasteiger partial charge on any atom is 0.244 e. The van der Waals surface area contributed by atoms with Crippen LogP contribution in [-0.2, 0) is 11.4 Å². The van der Waals surface area contributed by atoms with E-state index in [4.69, 9.17) is 4.74 Å². The summed E-state index contributed by atoms with van der Waals surface area (Å²) >= 11 is 1.61. The molecule has 0 unspecified atom stereocenters. The number of ether oxygens (including phenoxy) is 1. The Morgan fingerprint density at radius 1 is 1.31 bits per heavy atom. The van der Waals surface area contributed by atoms with Crippen molar-refractivity contribution in [3.63, 3.8) is 0 Å². The smallest absolute Gasteiger partial charge is 0.244 e. The second-order valence-corrected chi connectivity index (χ2v) is 7.63. The van der Waals surface area contributed by atoms with Crippen LogP contribution in [0.1, 0.15) is 41.9 Å². The van der Waals surface area contributed by atoms with E-state index in [1.165, 1.54) is 0 Å². The standard InChI is InChI=1S/C20H24N2O3S/c1-14-21-17(13-26-14)12-25-19-9-2-15(3-10-19)4-11-20(24)22-16-5-7-18(23)8-6-16/h2-4,9-11,13,16,18,23H,5-8,12H2,1H3,(H,22,24)/b11-4+. The lowest BCUT2D eigenvalue weighted by Gasteiger charge is -2.25. The van der Waals surface area contributed by atoms with Gasteiger partial charge in [-0.15, -0.1) is 11.3 Å². The Bertz CT molecular complexity index is 747. The fourth-order valence-electron chi connectivity index (χ4n) is 2.95. The van der Waals surface area contributed by atoms with Crippen molar-refractivity contribution in [3.05, 3.63) is 52.0 Å². The van der Waals surface area contributed by atoms with Gasteiger partial charge in [0.25, 0.3) is 0 Å². The molecule has 1 aromatic carbocycles. The fraction of sp³-hybridized carbons (Fsp3) is 0.400. The van der Waals surface area contributed by atoms with Crippen molar-refractivity contribution in [1.29, 1.82) is 0 Å². The van der Waals surface area contributed by atoms with Gasteiger partial charge in [0, 0.05) is 17.5 Å². The molecule has 6 heteroatoms. The summed E-state index contributed by atoms with van der Waals surface area (Å²) in [6, 6.07) is 7.78. The van der Waals surface area contributed by atoms with Gasteiger partial charge >= 0.3 is 0 Å². The van der Waals surface area contributed by atoms with E-state index in [0.717, 1.165) is 47.7 Å². The van der Waals surface area contributed by atoms with Gasteiger partial charge in [0.2, 0.25) is 5.91 Å². The van der Waals surface area contributed by atoms with Crippen LogP contribution in [0.4, 0.5) is 0 Å². The Labute approximate surface area is 157 Å². The molecular formula is C20H24N2O3S. The molecule has 5 nitrogen and oxygen atoms in total. The number of rotatable bonds is 6. The number of carbonyl (C=O) groups is 1. The third-order valence-corrected chi connectivity index (χ3v) is 5.23. The van der Waals surface area contributed by atoms with Crippen LogP contribution in [0.5, 0.6) is 5.75 Å². The molecule has 0 bridgehead atoms. The average Bonchev–Trinajstić information content (AvgIpc) is 3.06. The number of aryl methyl sites for hydroxylation is 1. The van der Waals surface area contributed by atoms with Crippen molar-refractivity contribution in [2.24, 2.45) is 0 Å². The molecule has 0 spiro atoms. The summed E-state index contributed by atoms with van der Waals surface area (Å²) < 4.78 is 5.72. The quantitative estimate of drug-likeness (QED) is 0.762. The number of nitrogens with one attached hydrogen (secondary N) is 1. The minimum Gasteiger partial charge on any atom is -0.487 e. The number of nitrogens with zero attached hydrogens (tertiary/aromatic N) is 1. The second-order valence-electron chi connectivity index (χ2n) is 6.56. The third kappa shape index (κ3) is 5.68. The predicted octanol–water partition coefficient (Wildman–Crippen LogP) is 3.46. The maximum absolute atomic E-state index is 12.0. The zero-order chi connectivity index (χ0) is 18.4. The van der Waals surface area contributed by atoms with E-state index in [1.54, 1.807) is 23.5 Å². The van der Waals surface area contributed by atoms with E-state index in [9.17, 15) is 9.90 Å². The van der Waals surface area contributed by atoms with Gasteiger partial charge in [-0.2, -0.15) is 0 Å². The number of hydrogen-bond donors (Lipinski definition) is 2. The maximum atomic E-state index is 12.0. The minimum absolute atomic E-state index is 0.0920. The number of aliphatic hydroxyl groups excluding tert-OH is 1. The Kier molecular flexibility index (Phi) is 6.41. The van der Waals surface area contributed by atoms with E-state index in [-0.39, 0.29) is 18.1 Å². The Morgan fingerprint density at radius 3 is 2.69 bits per heavy atom. The van der Waals surface area contributed by atoms with E-state index >= 15 is 0 Å². The van der Waals surface area contributed by atoms with Crippen LogP contribution in [0.2, 0.25) is 0 Å². The zero-order valence-corrected chi connectivity index (χ0v) is 15.7. The predicted molar refractivity (Wildman–Crippen MR) is 103 cm³/mol. The van der Waals surface area contributed by atoms with Crippen molar-refractivity contribution in [1.82, 2.24) is 10.3 Å². The summed E-state index contributed by atoms with van der Waals surface area (Å²) in [5.41, 5.74) is 1.87. The average molecular weight is 372 g/mol. The summed E-state index contributed by atoms with van der Waals surface area (Å²) in [5.74, 6) is 0.684. The normalized spacial score (nSPS) is 20.2. The van der Waals surface area contributed by atoms with Gasteiger partial charge in [-0.05, 0) is 56.4 Å². The molecule has 1 aliphatic carbocycles. The molecule has 0 aliphatic heterocycles. The van der Waals surface area contributed by atoms with Crippen LogP contribution in [0, 0.1) is 6.92 Å².